The van der Waals surface area contributed by atoms with Crippen molar-refractivity contribution in [3.8, 4) is 5.75 Å². The van der Waals surface area contributed by atoms with Crippen LogP contribution in [0, 0.1) is 0 Å². The first-order valence-electron chi connectivity index (χ1n) is 12.4. The summed E-state index contributed by atoms with van der Waals surface area (Å²) in [5, 5.41) is 4.29. The number of carbonyl (C=O) groups excluding carboxylic acids is 2. The minimum atomic E-state index is -0.959. The molecule has 0 unspecified atom stereocenters. The molecule has 0 bridgehead atoms. The van der Waals surface area contributed by atoms with E-state index in [4.69, 9.17) is 4.74 Å². The Morgan fingerprint density at radius 1 is 1.12 bits per heavy atom. The molecule has 1 aliphatic carbocycles. The Balaban J connectivity index is 1.45. The molecule has 1 aromatic heterocycles. The molecule has 1 saturated carbocycles. The average molecular weight is 460 g/mol. The Kier molecular flexibility index (Phi) is 6.07. The van der Waals surface area contributed by atoms with E-state index in [2.05, 4.69) is 5.32 Å². The third-order valence-corrected chi connectivity index (χ3v) is 7.37. The monoisotopic (exact) mass is 459 g/mol. The fourth-order valence-corrected chi connectivity index (χ4v) is 5.43. The van der Waals surface area contributed by atoms with Gasteiger partial charge < -0.3 is 19.5 Å². The summed E-state index contributed by atoms with van der Waals surface area (Å²) in [5.74, 6) is 0.700. The Labute approximate surface area is 200 Å². The van der Waals surface area contributed by atoms with Gasteiger partial charge in [-0.2, -0.15) is 0 Å². The molecule has 2 aliphatic rings. The molecule has 1 atom stereocenters. The number of nitrogens with one attached hydrogen (secondary N) is 1. The maximum absolute atomic E-state index is 13.8. The third kappa shape index (κ3) is 4.06. The first kappa shape index (κ1) is 22.5. The summed E-state index contributed by atoms with van der Waals surface area (Å²) in [6.45, 7) is 5.44. The number of fused-ring (bicyclic) bond motifs is 3. The minimum absolute atomic E-state index is 0.0529. The van der Waals surface area contributed by atoms with Gasteiger partial charge in [0.25, 0.3) is 5.91 Å². The highest BCUT2D eigenvalue weighted by Crippen LogP contribution is 2.33. The van der Waals surface area contributed by atoms with Gasteiger partial charge in [-0.05, 0) is 62.9 Å². The number of nitrogens with zero attached hydrogens (tertiary/aromatic N) is 2. The van der Waals surface area contributed by atoms with Crippen LogP contribution >= 0.6 is 0 Å². The highest BCUT2D eigenvalue weighted by molar-refractivity contribution is 6.03. The van der Waals surface area contributed by atoms with E-state index in [9.17, 15) is 9.59 Å². The van der Waals surface area contributed by atoms with Crippen molar-refractivity contribution >= 4 is 22.7 Å². The number of para-hydroxylation sites is 1. The van der Waals surface area contributed by atoms with Crippen molar-refractivity contribution in [1.29, 1.82) is 0 Å². The lowest BCUT2D eigenvalue weighted by Gasteiger charge is -2.44. The van der Waals surface area contributed by atoms with Crippen molar-refractivity contribution in [3.63, 3.8) is 0 Å². The normalized spacial score (nSPS) is 20.5. The largest absolute Gasteiger partial charge is 0.494 e. The number of aromatic nitrogens is 1. The quantitative estimate of drug-likeness (QED) is 0.564. The molecule has 0 radical (unpaired) electrons. The van der Waals surface area contributed by atoms with Crippen LogP contribution in [-0.4, -0.2) is 46.0 Å². The highest BCUT2D eigenvalue weighted by atomic mass is 16.5. The summed E-state index contributed by atoms with van der Waals surface area (Å²) in [4.78, 5) is 29.3. The van der Waals surface area contributed by atoms with Crippen LogP contribution in [0.25, 0.3) is 10.9 Å². The summed E-state index contributed by atoms with van der Waals surface area (Å²) >= 11 is 0. The second kappa shape index (κ2) is 9.16. The molecule has 2 heterocycles. The molecule has 34 heavy (non-hydrogen) atoms. The Hall–Kier alpha value is -3.28. The summed E-state index contributed by atoms with van der Waals surface area (Å²) < 4.78 is 7.57. The van der Waals surface area contributed by atoms with E-state index in [1.54, 1.807) is 4.90 Å². The van der Waals surface area contributed by atoms with Gasteiger partial charge in [0.2, 0.25) is 5.91 Å². The summed E-state index contributed by atoms with van der Waals surface area (Å²) in [5.41, 5.74) is 1.80. The van der Waals surface area contributed by atoms with Crippen LogP contribution in [0.4, 0.5) is 0 Å². The maximum Gasteiger partial charge on any atom is 0.271 e. The van der Waals surface area contributed by atoms with Crippen LogP contribution in [0.1, 0.15) is 55.6 Å². The highest BCUT2D eigenvalue weighted by Gasteiger charge is 2.48. The van der Waals surface area contributed by atoms with Gasteiger partial charge in [-0.1, -0.05) is 43.2 Å². The smallest absolute Gasteiger partial charge is 0.271 e. The van der Waals surface area contributed by atoms with Crippen molar-refractivity contribution in [2.24, 2.45) is 0 Å². The molecule has 1 N–H and O–H groups in total. The number of carbonyl (C=O) groups is 2. The standard InChI is InChI=1S/C28H33N3O3/c1-3-34-23-14-12-20(13-15-23)16-17-31-26(32)25-18-21-8-4-7-11-24(21)30(25)19-28(31,2)27(33)29-22-9-5-6-10-22/h4,7-8,11-15,18,22H,3,5-6,9-10,16-17,19H2,1-2H3,(H,29,33)/t28-/m1/s1. The van der Waals surface area contributed by atoms with Crippen LogP contribution in [0.5, 0.6) is 5.75 Å². The van der Waals surface area contributed by atoms with Crippen LogP contribution in [0.2, 0.25) is 0 Å². The number of benzene rings is 2. The molecule has 3 aromatic rings. The van der Waals surface area contributed by atoms with E-state index in [1.807, 2.05) is 73.0 Å². The van der Waals surface area contributed by atoms with Crippen molar-refractivity contribution in [3.05, 3.63) is 65.9 Å². The lowest BCUT2D eigenvalue weighted by atomic mass is 9.93. The molecule has 1 fully saturated rings. The number of amides is 2. The molecule has 2 amide bonds. The van der Waals surface area contributed by atoms with Gasteiger partial charge in [-0.25, -0.2) is 0 Å². The average Bonchev–Trinajstić information content (AvgIpc) is 3.48. The first-order valence-corrected chi connectivity index (χ1v) is 12.4. The molecule has 2 aromatic carbocycles. The fourth-order valence-electron chi connectivity index (χ4n) is 5.43. The van der Waals surface area contributed by atoms with Crippen molar-refractivity contribution in [2.75, 3.05) is 13.2 Å². The third-order valence-electron chi connectivity index (χ3n) is 7.37. The van der Waals surface area contributed by atoms with Gasteiger partial charge in [0.05, 0.1) is 13.2 Å². The van der Waals surface area contributed by atoms with Gasteiger partial charge in [-0.15, -0.1) is 0 Å². The lowest BCUT2D eigenvalue weighted by molar-refractivity contribution is -0.133. The van der Waals surface area contributed by atoms with Gasteiger partial charge in [0.15, 0.2) is 0 Å². The summed E-state index contributed by atoms with van der Waals surface area (Å²) in [7, 11) is 0. The predicted molar refractivity (Wildman–Crippen MR) is 133 cm³/mol. The molecule has 0 spiro atoms. The van der Waals surface area contributed by atoms with E-state index >= 15 is 0 Å². The number of ether oxygens (including phenoxy) is 1. The van der Waals surface area contributed by atoms with Gasteiger partial charge in [0.1, 0.15) is 17.0 Å². The summed E-state index contributed by atoms with van der Waals surface area (Å²) in [6, 6.07) is 18.2. The topological polar surface area (TPSA) is 63.6 Å². The molecule has 178 valence electrons. The second-order valence-electron chi connectivity index (χ2n) is 9.69. The molecule has 6 nitrogen and oxygen atoms in total. The van der Waals surface area contributed by atoms with Gasteiger partial charge >= 0.3 is 0 Å². The van der Waals surface area contributed by atoms with Gasteiger partial charge in [0, 0.05) is 23.5 Å². The van der Waals surface area contributed by atoms with E-state index < -0.39 is 5.54 Å². The fraction of sp³-hybridized carbons (Fsp3) is 0.429. The van der Waals surface area contributed by atoms with Crippen LogP contribution < -0.4 is 10.1 Å². The Bertz CT molecular complexity index is 1190. The molecule has 1 aliphatic heterocycles. The zero-order valence-electron chi connectivity index (χ0n) is 20.0. The SMILES string of the molecule is CCOc1ccc(CCN2C(=O)c3cc4ccccc4n3C[C@]2(C)C(=O)NC2CCCC2)cc1. The molecule has 5 rings (SSSR count). The Morgan fingerprint density at radius 3 is 2.59 bits per heavy atom. The van der Waals surface area contributed by atoms with Crippen LogP contribution in [-0.2, 0) is 17.8 Å². The molecular weight excluding hydrogens is 426 g/mol. The zero-order valence-corrected chi connectivity index (χ0v) is 20.0. The lowest BCUT2D eigenvalue weighted by Crippen LogP contribution is -2.65. The van der Waals surface area contributed by atoms with Crippen molar-refractivity contribution in [1.82, 2.24) is 14.8 Å². The number of hydrogen-bond donors (Lipinski definition) is 1. The first-order chi connectivity index (χ1) is 16.5. The van der Waals surface area contributed by atoms with Crippen LogP contribution in [0.15, 0.2) is 54.6 Å². The van der Waals surface area contributed by atoms with E-state index in [0.717, 1.165) is 47.9 Å². The zero-order chi connectivity index (χ0) is 23.7. The number of rotatable bonds is 7. The number of hydrogen-bond acceptors (Lipinski definition) is 3. The van der Waals surface area contributed by atoms with E-state index in [0.29, 0.717) is 31.8 Å². The van der Waals surface area contributed by atoms with Gasteiger partial charge in [-0.3, -0.25) is 9.59 Å². The molecule has 0 saturated heterocycles. The summed E-state index contributed by atoms with van der Waals surface area (Å²) in [6.07, 6.45) is 4.99. The minimum Gasteiger partial charge on any atom is -0.494 e. The van der Waals surface area contributed by atoms with E-state index in [1.165, 1.54) is 0 Å². The maximum atomic E-state index is 13.8. The van der Waals surface area contributed by atoms with E-state index in [-0.39, 0.29) is 17.9 Å². The van der Waals surface area contributed by atoms with Crippen molar-refractivity contribution < 1.29 is 14.3 Å². The molecular formula is C28H33N3O3. The molecule has 6 heteroatoms. The van der Waals surface area contributed by atoms with Crippen LogP contribution in [0.3, 0.4) is 0 Å². The van der Waals surface area contributed by atoms with Crippen molar-refractivity contribution in [2.45, 2.75) is 64.1 Å². The second-order valence-corrected chi connectivity index (χ2v) is 9.69. The Morgan fingerprint density at radius 2 is 1.85 bits per heavy atom. The predicted octanol–water partition coefficient (Wildman–Crippen LogP) is 4.56.